The molecule has 0 radical (unpaired) electrons. The van der Waals surface area contributed by atoms with E-state index < -0.39 is 0 Å². The average Bonchev–Trinajstić information content (AvgIpc) is 3.48. The first kappa shape index (κ1) is 27.5. The quantitative estimate of drug-likeness (QED) is 0.236. The number of rotatable bonds is 9. The molecule has 0 amide bonds. The standard InChI is InChI=1S/C32H37N5O2S/c1-7-35(8-2)23-12-14-24(15-13-23)36-21(3)19-26(22(36)4)31-30(27-11-9-10-18-33-27)34-32(40)37(31)28-20-25(38-5)16-17-29(28)39-6/h9-20,30-31H,7-8H2,1-6H3,(H,34,40)/t30-,31-/m1/s1. The lowest BCUT2D eigenvalue weighted by Crippen LogP contribution is -2.30. The Bertz CT molecular complexity index is 1480. The molecule has 0 spiro atoms. The number of thiocarbonyl (C=S) groups is 1. The Morgan fingerprint density at radius 3 is 2.33 bits per heavy atom. The monoisotopic (exact) mass is 555 g/mol. The second-order valence-electron chi connectivity index (χ2n) is 9.88. The van der Waals surface area contributed by atoms with Crippen molar-refractivity contribution in [3.8, 4) is 17.2 Å². The number of hydrogen-bond donors (Lipinski definition) is 1. The van der Waals surface area contributed by atoms with Gasteiger partial charge in [-0.05, 0) is 100 Å². The third-order valence-electron chi connectivity index (χ3n) is 7.77. The lowest BCUT2D eigenvalue weighted by Gasteiger charge is -2.29. The molecule has 1 saturated heterocycles. The molecule has 0 aliphatic carbocycles. The molecule has 1 aliphatic rings. The summed E-state index contributed by atoms with van der Waals surface area (Å²) in [7, 11) is 3.34. The zero-order valence-corrected chi connectivity index (χ0v) is 24.8. The van der Waals surface area contributed by atoms with Crippen molar-refractivity contribution in [1.29, 1.82) is 0 Å². The van der Waals surface area contributed by atoms with Crippen LogP contribution in [0.3, 0.4) is 0 Å². The average molecular weight is 556 g/mol. The molecule has 8 heteroatoms. The summed E-state index contributed by atoms with van der Waals surface area (Å²) < 4.78 is 13.7. The second-order valence-corrected chi connectivity index (χ2v) is 10.3. The number of pyridine rings is 1. The lowest BCUT2D eigenvalue weighted by atomic mass is 9.96. The minimum absolute atomic E-state index is 0.163. The molecule has 5 rings (SSSR count). The van der Waals surface area contributed by atoms with Gasteiger partial charge in [-0.1, -0.05) is 6.07 Å². The normalized spacial score (nSPS) is 16.6. The Kier molecular flexibility index (Phi) is 7.98. The molecule has 2 aromatic heterocycles. The van der Waals surface area contributed by atoms with Crippen LogP contribution in [0.1, 0.15) is 48.6 Å². The second kappa shape index (κ2) is 11.6. The molecule has 1 aliphatic heterocycles. The highest BCUT2D eigenvalue weighted by atomic mass is 32.1. The van der Waals surface area contributed by atoms with Crippen LogP contribution in [0.15, 0.2) is 72.9 Å². The fourth-order valence-corrected chi connectivity index (χ4v) is 6.14. The molecule has 0 saturated carbocycles. The third-order valence-corrected chi connectivity index (χ3v) is 8.08. The van der Waals surface area contributed by atoms with Crippen molar-refractivity contribution in [1.82, 2.24) is 14.9 Å². The number of anilines is 2. The smallest absolute Gasteiger partial charge is 0.174 e. The number of ether oxygens (including phenoxy) is 2. The van der Waals surface area contributed by atoms with Gasteiger partial charge in [-0.15, -0.1) is 0 Å². The van der Waals surface area contributed by atoms with Gasteiger partial charge in [0, 0.05) is 48.1 Å². The predicted octanol–water partition coefficient (Wildman–Crippen LogP) is 6.53. The van der Waals surface area contributed by atoms with Crippen LogP contribution in [0.25, 0.3) is 5.69 Å². The van der Waals surface area contributed by atoms with Gasteiger partial charge < -0.3 is 29.2 Å². The highest BCUT2D eigenvalue weighted by molar-refractivity contribution is 7.80. The van der Waals surface area contributed by atoms with Gasteiger partial charge in [-0.3, -0.25) is 4.98 Å². The number of nitrogens with zero attached hydrogens (tertiary/aromatic N) is 4. The molecule has 2 aromatic carbocycles. The Hall–Kier alpha value is -4.04. The largest absolute Gasteiger partial charge is 0.497 e. The molecule has 40 heavy (non-hydrogen) atoms. The van der Waals surface area contributed by atoms with Gasteiger partial charge in [-0.25, -0.2) is 0 Å². The Morgan fingerprint density at radius 2 is 1.70 bits per heavy atom. The molecular formula is C32H37N5O2S. The van der Waals surface area contributed by atoms with Crippen molar-refractivity contribution in [3.63, 3.8) is 0 Å². The van der Waals surface area contributed by atoms with E-state index in [9.17, 15) is 0 Å². The molecule has 0 bridgehead atoms. The molecule has 4 aromatic rings. The summed E-state index contributed by atoms with van der Waals surface area (Å²) in [6.45, 7) is 10.7. The maximum atomic E-state index is 5.98. The van der Waals surface area contributed by atoms with Gasteiger partial charge in [0.25, 0.3) is 0 Å². The first-order chi connectivity index (χ1) is 19.4. The van der Waals surface area contributed by atoms with E-state index in [2.05, 4.69) is 77.7 Å². The van der Waals surface area contributed by atoms with Crippen molar-refractivity contribution in [2.45, 2.75) is 39.8 Å². The van der Waals surface area contributed by atoms with Gasteiger partial charge in [0.05, 0.1) is 37.7 Å². The van der Waals surface area contributed by atoms with Crippen LogP contribution in [0, 0.1) is 13.8 Å². The molecule has 1 fully saturated rings. The highest BCUT2D eigenvalue weighted by Gasteiger charge is 2.43. The van der Waals surface area contributed by atoms with Crippen LogP contribution in [0.4, 0.5) is 11.4 Å². The van der Waals surface area contributed by atoms with E-state index >= 15 is 0 Å². The zero-order valence-electron chi connectivity index (χ0n) is 24.0. The zero-order chi connectivity index (χ0) is 28.4. The molecule has 7 nitrogen and oxygen atoms in total. The lowest BCUT2D eigenvalue weighted by molar-refractivity contribution is 0.403. The van der Waals surface area contributed by atoms with Crippen molar-refractivity contribution in [2.75, 3.05) is 37.1 Å². The van der Waals surface area contributed by atoms with E-state index in [1.54, 1.807) is 14.2 Å². The van der Waals surface area contributed by atoms with E-state index in [1.165, 1.54) is 5.69 Å². The van der Waals surface area contributed by atoms with E-state index in [0.717, 1.165) is 58.6 Å². The Labute approximate surface area is 242 Å². The van der Waals surface area contributed by atoms with Crippen molar-refractivity contribution in [2.24, 2.45) is 0 Å². The Balaban J connectivity index is 1.65. The van der Waals surface area contributed by atoms with Gasteiger partial charge in [0.1, 0.15) is 11.5 Å². The topological polar surface area (TPSA) is 54.8 Å². The fourth-order valence-electron chi connectivity index (χ4n) is 5.80. The number of hydrogen-bond acceptors (Lipinski definition) is 5. The predicted molar refractivity (Wildman–Crippen MR) is 166 cm³/mol. The van der Waals surface area contributed by atoms with Crippen LogP contribution in [0.2, 0.25) is 0 Å². The summed E-state index contributed by atoms with van der Waals surface area (Å²) in [5.74, 6) is 1.45. The van der Waals surface area contributed by atoms with Gasteiger partial charge in [0.2, 0.25) is 0 Å². The molecule has 208 valence electrons. The van der Waals surface area contributed by atoms with Crippen molar-refractivity contribution in [3.05, 3.63) is 95.6 Å². The van der Waals surface area contributed by atoms with E-state index in [4.69, 9.17) is 26.7 Å². The molecule has 3 heterocycles. The van der Waals surface area contributed by atoms with Crippen LogP contribution in [-0.2, 0) is 0 Å². The SMILES string of the molecule is CCN(CC)c1ccc(-n2c(C)cc([C@@H]3[C@@H](c4ccccn4)NC(=S)N3c3cc(OC)ccc3OC)c2C)cc1. The molecule has 0 unspecified atom stereocenters. The summed E-state index contributed by atoms with van der Waals surface area (Å²) in [5, 5.41) is 4.18. The number of benzene rings is 2. The highest BCUT2D eigenvalue weighted by Crippen LogP contribution is 2.47. The van der Waals surface area contributed by atoms with Gasteiger partial charge in [0.15, 0.2) is 5.11 Å². The van der Waals surface area contributed by atoms with Gasteiger partial charge in [-0.2, -0.15) is 0 Å². The van der Waals surface area contributed by atoms with Crippen LogP contribution in [-0.4, -0.2) is 42.0 Å². The third kappa shape index (κ3) is 4.88. The fraction of sp³-hybridized carbons (Fsp3) is 0.312. The number of aromatic nitrogens is 2. The summed E-state index contributed by atoms with van der Waals surface area (Å²) in [4.78, 5) is 9.22. The minimum atomic E-state index is -0.168. The van der Waals surface area contributed by atoms with Crippen LogP contribution >= 0.6 is 12.2 Å². The maximum absolute atomic E-state index is 5.98. The number of methoxy groups -OCH3 is 2. The van der Waals surface area contributed by atoms with E-state index in [1.807, 2.05) is 42.6 Å². The van der Waals surface area contributed by atoms with Crippen LogP contribution in [0.5, 0.6) is 11.5 Å². The van der Waals surface area contributed by atoms with Crippen molar-refractivity contribution < 1.29 is 9.47 Å². The summed E-state index contributed by atoms with van der Waals surface area (Å²) in [5.41, 5.74) is 7.59. The summed E-state index contributed by atoms with van der Waals surface area (Å²) in [6.07, 6.45) is 1.83. The molecular weight excluding hydrogens is 518 g/mol. The van der Waals surface area contributed by atoms with Crippen molar-refractivity contribution >= 4 is 28.7 Å². The Morgan fingerprint density at radius 1 is 0.950 bits per heavy atom. The maximum Gasteiger partial charge on any atom is 0.174 e. The van der Waals surface area contributed by atoms with E-state index in [-0.39, 0.29) is 12.1 Å². The summed E-state index contributed by atoms with van der Waals surface area (Å²) >= 11 is 5.98. The molecule has 1 N–H and O–H groups in total. The summed E-state index contributed by atoms with van der Waals surface area (Å²) in [6, 6.07) is 22.5. The molecule has 2 atom stereocenters. The van der Waals surface area contributed by atoms with Gasteiger partial charge >= 0.3 is 0 Å². The number of aryl methyl sites for hydroxylation is 1. The first-order valence-electron chi connectivity index (χ1n) is 13.7. The number of nitrogens with one attached hydrogen (secondary N) is 1. The van der Waals surface area contributed by atoms with Crippen LogP contribution < -0.4 is 24.6 Å². The minimum Gasteiger partial charge on any atom is -0.497 e. The first-order valence-corrected chi connectivity index (χ1v) is 14.1. The van der Waals surface area contributed by atoms with E-state index in [0.29, 0.717) is 5.11 Å².